The summed E-state index contributed by atoms with van der Waals surface area (Å²) in [5.41, 5.74) is 16.3. The van der Waals surface area contributed by atoms with Gasteiger partial charge in [-0.1, -0.05) is 111 Å². The summed E-state index contributed by atoms with van der Waals surface area (Å²) >= 11 is 0. The molecule has 256 valence electrons. The van der Waals surface area contributed by atoms with Gasteiger partial charge in [-0.3, -0.25) is 0 Å². The van der Waals surface area contributed by atoms with Crippen LogP contribution in [0.25, 0.3) is 71.7 Å². The summed E-state index contributed by atoms with van der Waals surface area (Å²) in [6.45, 7) is 4.74. The Kier molecular flexibility index (Phi) is 6.60. The quantitative estimate of drug-likeness (QED) is 0.179. The van der Waals surface area contributed by atoms with E-state index in [1.54, 1.807) is 0 Å². The summed E-state index contributed by atoms with van der Waals surface area (Å²) in [6.07, 6.45) is 0. The fraction of sp³-hybridized carbons (Fsp3) is 0.0588. The van der Waals surface area contributed by atoms with Gasteiger partial charge in [0.1, 0.15) is 11.2 Å². The summed E-state index contributed by atoms with van der Waals surface area (Å²) in [4.78, 5) is 2.41. The molecule has 3 heteroatoms. The van der Waals surface area contributed by atoms with Crippen molar-refractivity contribution >= 4 is 60.8 Å². The van der Waals surface area contributed by atoms with Crippen LogP contribution in [0.2, 0.25) is 0 Å². The van der Waals surface area contributed by atoms with Crippen LogP contribution in [0.15, 0.2) is 186 Å². The van der Waals surface area contributed by atoms with E-state index in [-0.39, 0.29) is 5.41 Å². The van der Waals surface area contributed by atoms with Crippen LogP contribution in [-0.2, 0) is 5.41 Å². The minimum atomic E-state index is -0.196. The Morgan fingerprint density at radius 3 is 1.85 bits per heavy atom. The topological polar surface area (TPSA) is 21.3 Å². The van der Waals surface area contributed by atoms with Crippen LogP contribution in [0.1, 0.15) is 25.0 Å². The van der Waals surface area contributed by atoms with Gasteiger partial charge in [-0.05, 0) is 118 Å². The minimum absolute atomic E-state index is 0.196. The zero-order valence-corrected chi connectivity index (χ0v) is 30.1. The number of rotatable bonds is 5. The molecule has 0 aliphatic heterocycles. The Morgan fingerprint density at radius 2 is 1.02 bits per heavy atom. The van der Waals surface area contributed by atoms with Crippen LogP contribution in [0.5, 0.6) is 0 Å². The predicted molar refractivity (Wildman–Crippen MR) is 226 cm³/mol. The molecular weight excluding hydrogens is 657 g/mol. The lowest BCUT2D eigenvalue weighted by Crippen LogP contribution is -2.16. The maximum Gasteiger partial charge on any atom is 0.135 e. The van der Waals surface area contributed by atoms with Gasteiger partial charge in [0.15, 0.2) is 0 Å². The Bertz CT molecular complexity index is 3080. The van der Waals surface area contributed by atoms with Crippen molar-refractivity contribution in [3.05, 3.63) is 193 Å². The number of hydrogen-bond acceptors (Lipinski definition) is 2. The van der Waals surface area contributed by atoms with Crippen molar-refractivity contribution in [1.29, 1.82) is 0 Å². The highest BCUT2D eigenvalue weighted by molar-refractivity contribution is 6.11. The van der Waals surface area contributed by atoms with Crippen LogP contribution in [0.3, 0.4) is 0 Å². The molecule has 0 atom stereocenters. The Labute approximate surface area is 314 Å². The molecule has 0 radical (unpaired) electrons. The first-order valence-electron chi connectivity index (χ1n) is 18.7. The van der Waals surface area contributed by atoms with Gasteiger partial charge < -0.3 is 13.9 Å². The lowest BCUT2D eigenvalue weighted by atomic mass is 9.81. The van der Waals surface area contributed by atoms with Gasteiger partial charge in [-0.2, -0.15) is 0 Å². The molecule has 8 aromatic carbocycles. The summed E-state index contributed by atoms with van der Waals surface area (Å²) in [7, 11) is 0. The van der Waals surface area contributed by atoms with Crippen molar-refractivity contribution < 1.29 is 4.42 Å². The zero-order valence-electron chi connectivity index (χ0n) is 30.1. The lowest BCUT2D eigenvalue weighted by Gasteiger charge is -2.28. The second-order valence-electron chi connectivity index (χ2n) is 15.0. The van der Waals surface area contributed by atoms with Gasteiger partial charge in [-0.25, -0.2) is 0 Å². The Balaban J connectivity index is 1.03. The first-order chi connectivity index (χ1) is 26.5. The van der Waals surface area contributed by atoms with Crippen LogP contribution < -0.4 is 4.90 Å². The second kappa shape index (κ2) is 11.6. The van der Waals surface area contributed by atoms with Crippen molar-refractivity contribution in [3.8, 4) is 27.9 Å². The normalized spacial score (nSPS) is 13.1. The second-order valence-corrected chi connectivity index (χ2v) is 15.0. The van der Waals surface area contributed by atoms with Gasteiger partial charge in [0.05, 0.1) is 11.0 Å². The van der Waals surface area contributed by atoms with E-state index in [4.69, 9.17) is 4.42 Å². The van der Waals surface area contributed by atoms with E-state index in [0.717, 1.165) is 44.7 Å². The highest BCUT2D eigenvalue weighted by Gasteiger charge is 2.36. The molecular formula is C51H36N2O. The standard InChI is InChI=1S/C51H36N2O/c1-51(2)45-30-34(33-22-28-50-44(29-33)42-18-10-12-20-49(42)54-50)21-25-39(45)40-26-23-38(32-46(40)51)52(35-13-5-3-6-14-35)37-24-27-48-43(31-37)41-17-9-11-19-47(41)53(48)36-15-7-4-8-16-36/h3-32H,1-2H3. The molecule has 0 spiro atoms. The fourth-order valence-corrected chi connectivity index (χ4v) is 8.93. The van der Waals surface area contributed by atoms with E-state index >= 15 is 0 Å². The van der Waals surface area contributed by atoms with Gasteiger partial charge >= 0.3 is 0 Å². The minimum Gasteiger partial charge on any atom is -0.456 e. The number of para-hydroxylation sites is 4. The molecule has 1 aliphatic carbocycles. The molecule has 11 rings (SSSR count). The number of benzene rings is 8. The highest BCUT2D eigenvalue weighted by atomic mass is 16.3. The smallest absolute Gasteiger partial charge is 0.135 e. The number of hydrogen-bond donors (Lipinski definition) is 0. The molecule has 0 saturated carbocycles. The van der Waals surface area contributed by atoms with E-state index in [0.29, 0.717) is 0 Å². The van der Waals surface area contributed by atoms with E-state index in [9.17, 15) is 0 Å². The van der Waals surface area contributed by atoms with Crippen LogP contribution in [0.4, 0.5) is 17.1 Å². The van der Waals surface area contributed by atoms with Crippen LogP contribution in [0, 0.1) is 0 Å². The van der Waals surface area contributed by atoms with E-state index in [2.05, 4.69) is 193 Å². The molecule has 54 heavy (non-hydrogen) atoms. The predicted octanol–water partition coefficient (Wildman–Crippen LogP) is 14.1. The molecule has 3 nitrogen and oxygen atoms in total. The van der Waals surface area contributed by atoms with E-state index < -0.39 is 0 Å². The average molecular weight is 693 g/mol. The summed E-state index contributed by atoms with van der Waals surface area (Å²) in [6, 6.07) is 66.0. The molecule has 0 bridgehead atoms. The highest BCUT2D eigenvalue weighted by Crippen LogP contribution is 2.52. The Hall–Kier alpha value is -6.84. The number of fused-ring (bicyclic) bond motifs is 9. The molecule has 1 aliphatic rings. The molecule has 0 unspecified atom stereocenters. The van der Waals surface area contributed by atoms with E-state index in [1.165, 1.54) is 55.2 Å². The van der Waals surface area contributed by atoms with Gasteiger partial charge in [-0.15, -0.1) is 0 Å². The average Bonchev–Trinajstić information content (AvgIpc) is 3.83. The first kappa shape index (κ1) is 30.8. The molecule has 0 saturated heterocycles. The summed E-state index contributed by atoms with van der Waals surface area (Å²) < 4.78 is 8.52. The lowest BCUT2D eigenvalue weighted by molar-refractivity contribution is 0.660. The van der Waals surface area contributed by atoms with Crippen molar-refractivity contribution in [2.45, 2.75) is 19.3 Å². The van der Waals surface area contributed by atoms with Gasteiger partial charge in [0, 0.05) is 49.7 Å². The molecule has 0 fully saturated rings. The maximum absolute atomic E-state index is 6.14. The third kappa shape index (κ3) is 4.55. The van der Waals surface area contributed by atoms with Gasteiger partial charge in [0.25, 0.3) is 0 Å². The van der Waals surface area contributed by atoms with Crippen molar-refractivity contribution in [2.75, 3.05) is 4.90 Å². The third-order valence-electron chi connectivity index (χ3n) is 11.6. The number of aromatic nitrogens is 1. The molecule has 0 amide bonds. The largest absolute Gasteiger partial charge is 0.456 e. The van der Waals surface area contributed by atoms with Crippen molar-refractivity contribution in [2.24, 2.45) is 0 Å². The number of anilines is 3. The maximum atomic E-state index is 6.14. The number of nitrogens with zero attached hydrogens (tertiary/aromatic N) is 2. The molecule has 0 N–H and O–H groups in total. The monoisotopic (exact) mass is 692 g/mol. The zero-order chi connectivity index (χ0) is 36.0. The molecule has 2 aromatic heterocycles. The number of furan rings is 1. The fourth-order valence-electron chi connectivity index (χ4n) is 8.93. The van der Waals surface area contributed by atoms with Crippen molar-refractivity contribution in [1.82, 2.24) is 4.57 Å². The van der Waals surface area contributed by atoms with Gasteiger partial charge in [0.2, 0.25) is 0 Å². The SMILES string of the molecule is CC1(C)c2cc(-c3ccc4oc5ccccc5c4c3)ccc2-c2ccc(N(c3ccccc3)c3ccc4c(c3)c3ccccc3n4-c3ccccc3)cc21. The first-order valence-corrected chi connectivity index (χ1v) is 18.7. The van der Waals surface area contributed by atoms with Crippen LogP contribution >= 0.6 is 0 Å². The third-order valence-corrected chi connectivity index (χ3v) is 11.6. The molecule has 2 heterocycles. The van der Waals surface area contributed by atoms with E-state index in [1.807, 2.05) is 12.1 Å². The Morgan fingerprint density at radius 1 is 0.426 bits per heavy atom. The van der Waals surface area contributed by atoms with Crippen molar-refractivity contribution in [3.63, 3.8) is 0 Å². The molecule has 10 aromatic rings. The summed E-state index contributed by atoms with van der Waals surface area (Å²) in [5.74, 6) is 0. The summed E-state index contributed by atoms with van der Waals surface area (Å²) in [5, 5.41) is 4.78. The van der Waals surface area contributed by atoms with Crippen LogP contribution in [-0.4, -0.2) is 4.57 Å².